The second-order valence-corrected chi connectivity index (χ2v) is 6.55. The van der Waals surface area contributed by atoms with Crippen LogP contribution in [0.3, 0.4) is 0 Å². The van der Waals surface area contributed by atoms with Crippen LogP contribution < -0.4 is 10.1 Å². The van der Waals surface area contributed by atoms with Gasteiger partial charge >= 0.3 is 17.9 Å². The number of hydrogen-bond donors (Lipinski definition) is 2. The largest absolute Gasteiger partial charge is 0.503 e. The first-order valence-corrected chi connectivity index (χ1v) is 9.07. The zero-order chi connectivity index (χ0) is 22.8. The average Bonchev–Trinajstić information content (AvgIpc) is 2.70. The Bertz CT molecular complexity index is 779. The molecule has 1 amide bonds. The Morgan fingerprint density at radius 1 is 1.13 bits per heavy atom. The Morgan fingerprint density at radius 3 is 2.37 bits per heavy atom. The van der Waals surface area contributed by atoms with Gasteiger partial charge in [-0.2, -0.15) is 0 Å². The van der Waals surface area contributed by atoms with Gasteiger partial charge in [0, 0.05) is 12.3 Å². The zero-order valence-corrected chi connectivity index (χ0v) is 17.5. The van der Waals surface area contributed by atoms with E-state index in [1.165, 1.54) is 26.3 Å². The van der Waals surface area contributed by atoms with E-state index < -0.39 is 48.3 Å². The quantitative estimate of drug-likeness (QED) is 0.402. The van der Waals surface area contributed by atoms with Crippen molar-refractivity contribution in [2.75, 3.05) is 20.8 Å². The Hall–Kier alpha value is -3.37. The molecule has 0 aliphatic heterocycles. The van der Waals surface area contributed by atoms with Gasteiger partial charge in [-0.1, -0.05) is 13.8 Å². The van der Waals surface area contributed by atoms with E-state index in [-0.39, 0.29) is 23.8 Å². The highest BCUT2D eigenvalue weighted by Gasteiger charge is 2.27. The van der Waals surface area contributed by atoms with Crippen molar-refractivity contribution in [2.45, 2.75) is 39.3 Å². The van der Waals surface area contributed by atoms with Gasteiger partial charge in [0.25, 0.3) is 5.91 Å². The summed E-state index contributed by atoms with van der Waals surface area (Å²) in [5.74, 6) is -3.83. The summed E-state index contributed by atoms with van der Waals surface area (Å²) in [4.78, 5) is 51.6. The highest BCUT2D eigenvalue weighted by Crippen LogP contribution is 2.27. The molecule has 11 heteroatoms. The molecule has 1 heterocycles. The first kappa shape index (κ1) is 24.7. The average molecular weight is 426 g/mol. The van der Waals surface area contributed by atoms with Gasteiger partial charge in [0.1, 0.15) is 12.7 Å². The van der Waals surface area contributed by atoms with Crippen LogP contribution in [0, 0.1) is 5.92 Å². The van der Waals surface area contributed by atoms with Gasteiger partial charge < -0.3 is 29.4 Å². The second-order valence-electron chi connectivity index (χ2n) is 6.55. The number of rotatable bonds is 10. The molecule has 2 atom stereocenters. The summed E-state index contributed by atoms with van der Waals surface area (Å²) in [7, 11) is 2.39. The molecule has 1 rings (SSSR count). The maximum atomic E-state index is 12.4. The van der Waals surface area contributed by atoms with Gasteiger partial charge in [0.2, 0.25) is 0 Å². The Labute approximate surface area is 173 Å². The molecule has 0 radical (unpaired) electrons. The first-order chi connectivity index (χ1) is 14.1. The van der Waals surface area contributed by atoms with Crippen LogP contribution in [-0.2, 0) is 28.6 Å². The summed E-state index contributed by atoms with van der Waals surface area (Å²) in [6.07, 6.45) is 0.274. The maximum absolute atomic E-state index is 12.4. The lowest BCUT2D eigenvalue weighted by atomic mass is 10.2. The van der Waals surface area contributed by atoms with Crippen LogP contribution in [0.2, 0.25) is 0 Å². The number of hydrogen-bond acceptors (Lipinski definition) is 10. The number of aromatic hydroxyl groups is 1. The Morgan fingerprint density at radius 2 is 1.80 bits per heavy atom. The van der Waals surface area contributed by atoms with E-state index in [0.717, 1.165) is 7.11 Å². The fourth-order valence-electron chi connectivity index (χ4n) is 2.15. The van der Waals surface area contributed by atoms with E-state index in [1.807, 2.05) is 0 Å². The van der Waals surface area contributed by atoms with E-state index in [9.17, 15) is 24.3 Å². The standard InChI is InChI=1S/C19H26N2O9/c1-10(2)18(25)30-11(3)8-14(22)29-9-12(19(26)28-5)21-17(24)15-16(23)13(27-4)6-7-20-15/h6-7,10-12,23H,8-9H2,1-5H3,(H,21,24). The SMILES string of the molecule is COC(=O)C(COC(=O)CC(C)OC(=O)C(C)C)NC(=O)c1nccc(OC)c1O. The van der Waals surface area contributed by atoms with Crippen molar-refractivity contribution in [1.82, 2.24) is 10.3 Å². The third-order valence-corrected chi connectivity index (χ3v) is 3.77. The van der Waals surface area contributed by atoms with Gasteiger partial charge in [-0.05, 0) is 6.92 Å². The van der Waals surface area contributed by atoms with Crippen molar-refractivity contribution in [2.24, 2.45) is 5.92 Å². The second kappa shape index (κ2) is 11.6. The minimum Gasteiger partial charge on any atom is -0.503 e. The monoisotopic (exact) mass is 426 g/mol. The number of pyridine rings is 1. The highest BCUT2D eigenvalue weighted by molar-refractivity contribution is 5.98. The molecule has 0 aromatic carbocycles. The van der Waals surface area contributed by atoms with Crippen LogP contribution in [0.25, 0.3) is 0 Å². The number of carbonyl (C=O) groups excluding carboxylic acids is 4. The molecule has 0 aliphatic rings. The van der Waals surface area contributed by atoms with Crippen molar-refractivity contribution in [1.29, 1.82) is 0 Å². The molecule has 0 fully saturated rings. The number of ether oxygens (including phenoxy) is 4. The van der Waals surface area contributed by atoms with Crippen LogP contribution >= 0.6 is 0 Å². The number of methoxy groups -OCH3 is 2. The molecule has 1 aromatic heterocycles. The summed E-state index contributed by atoms with van der Waals surface area (Å²) in [5, 5.41) is 12.3. The van der Waals surface area contributed by atoms with E-state index in [0.29, 0.717) is 0 Å². The van der Waals surface area contributed by atoms with E-state index in [1.54, 1.807) is 13.8 Å². The summed E-state index contributed by atoms with van der Waals surface area (Å²) in [6.45, 7) is 4.31. The van der Waals surface area contributed by atoms with Crippen LogP contribution in [0.4, 0.5) is 0 Å². The van der Waals surface area contributed by atoms with E-state index >= 15 is 0 Å². The molecule has 11 nitrogen and oxygen atoms in total. The Kier molecular flexibility index (Phi) is 9.53. The number of carbonyl (C=O) groups is 4. The highest BCUT2D eigenvalue weighted by atomic mass is 16.6. The van der Waals surface area contributed by atoms with Crippen molar-refractivity contribution in [3.8, 4) is 11.5 Å². The van der Waals surface area contributed by atoms with Gasteiger partial charge in [0.15, 0.2) is 23.2 Å². The van der Waals surface area contributed by atoms with E-state index in [4.69, 9.17) is 14.2 Å². The minimum atomic E-state index is -1.35. The molecule has 0 bridgehead atoms. The predicted octanol–water partition coefficient (Wildman–Crippen LogP) is 0.588. The lowest BCUT2D eigenvalue weighted by Crippen LogP contribution is -2.45. The summed E-state index contributed by atoms with van der Waals surface area (Å²) in [5.41, 5.74) is -0.385. The molecule has 166 valence electrons. The van der Waals surface area contributed by atoms with Crippen LogP contribution in [-0.4, -0.2) is 66.9 Å². The summed E-state index contributed by atoms with van der Waals surface area (Å²) in [6, 6.07) is -0.00810. The first-order valence-electron chi connectivity index (χ1n) is 9.07. The molecule has 0 saturated carbocycles. The summed E-state index contributed by atoms with van der Waals surface area (Å²) >= 11 is 0. The normalized spacial score (nSPS) is 12.5. The van der Waals surface area contributed by atoms with Gasteiger partial charge in [-0.25, -0.2) is 9.78 Å². The molecule has 2 unspecified atom stereocenters. The van der Waals surface area contributed by atoms with Crippen LogP contribution in [0.1, 0.15) is 37.7 Å². The number of esters is 3. The molecular formula is C19H26N2O9. The molecule has 30 heavy (non-hydrogen) atoms. The lowest BCUT2D eigenvalue weighted by Gasteiger charge is -2.18. The number of aromatic nitrogens is 1. The van der Waals surface area contributed by atoms with Crippen LogP contribution in [0.15, 0.2) is 12.3 Å². The number of nitrogens with one attached hydrogen (secondary N) is 1. The minimum absolute atomic E-state index is 0.0149. The fraction of sp³-hybridized carbons (Fsp3) is 0.526. The zero-order valence-electron chi connectivity index (χ0n) is 17.5. The van der Waals surface area contributed by atoms with Gasteiger partial charge in [0.05, 0.1) is 26.6 Å². The molecule has 2 N–H and O–H groups in total. The third kappa shape index (κ3) is 7.22. The number of nitrogens with zero attached hydrogens (tertiary/aromatic N) is 1. The summed E-state index contributed by atoms with van der Waals surface area (Å²) < 4.78 is 19.6. The third-order valence-electron chi connectivity index (χ3n) is 3.77. The van der Waals surface area contributed by atoms with Crippen molar-refractivity contribution < 1.29 is 43.2 Å². The van der Waals surface area contributed by atoms with Crippen molar-refractivity contribution in [3.05, 3.63) is 18.0 Å². The van der Waals surface area contributed by atoms with E-state index in [2.05, 4.69) is 15.0 Å². The molecule has 0 saturated heterocycles. The molecular weight excluding hydrogens is 400 g/mol. The smallest absolute Gasteiger partial charge is 0.331 e. The van der Waals surface area contributed by atoms with Crippen LogP contribution in [0.5, 0.6) is 11.5 Å². The maximum Gasteiger partial charge on any atom is 0.331 e. The topological polar surface area (TPSA) is 150 Å². The molecule has 1 aromatic rings. The molecule has 0 spiro atoms. The fourth-order valence-corrected chi connectivity index (χ4v) is 2.15. The Balaban J connectivity index is 2.73. The van der Waals surface area contributed by atoms with Gasteiger partial charge in [-0.15, -0.1) is 0 Å². The van der Waals surface area contributed by atoms with Gasteiger partial charge in [-0.3, -0.25) is 14.4 Å². The van der Waals surface area contributed by atoms with Crippen molar-refractivity contribution >= 4 is 23.8 Å². The molecule has 0 aliphatic carbocycles. The number of amides is 1. The lowest BCUT2D eigenvalue weighted by molar-refractivity contribution is -0.157. The predicted molar refractivity (Wildman–Crippen MR) is 102 cm³/mol. The van der Waals surface area contributed by atoms with Crippen molar-refractivity contribution in [3.63, 3.8) is 0 Å².